The molecule has 2 rings (SSSR count). The topological polar surface area (TPSA) is 58.6 Å². The molecule has 1 heterocycles. The smallest absolute Gasteiger partial charge is 0.241 e. The van der Waals surface area contributed by atoms with Crippen LogP contribution in [0.4, 0.5) is 5.69 Å². The van der Waals surface area contributed by atoms with E-state index in [9.17, 15) is 9.59 Å². The molecule has 1 aromatic carbocycles. The number of hydrogen-bond donors (Lipinski definition) is 1. The first-order valence-corrected chi connectivity index (χ1v) is 8.78. The molecule has 5 nitrogen and oxygen atoms in total. The molecule has 124 valence electrons. The first kappa shape index (κ1) is 18.0. The quantitative estimate of drug-likeness (QED) is 0.776. The van der Waals surface area contributed by atoms with Gasteiger partial charge in [-0.05, 0) is 24.6 Å². The highest BCUT2D eigenvalue weighted by Crippen LogP contribution is 2.30. The van der Waals surface area contributed by atoms with Gasteiger partial charge in [-0.25, -0.2) is 0 Å². The number of thiocarbonyl (C=S) groups is 1. The molecule has 0 radical (unpaired) electrons. The van der Waals surface area contributed by atoms with E-state index < -0.39 is 0 Å². The van der Waals surface area contributed by atoms with Gasteiger partial charge in [0, 0.05) is 18.7 Å². The maximum atomic E-state index is 12.1. The van der Waals surface area contributed by atoms with Gasteiger partial charge in [-0.3, -0.25) is 14.5 Å². The van der Waals surface area contributed by atoms with Crippen molar-refractivity contribution in [1.29, 1.82) is 0 Å². The minimum Gasteiger partial charge on any atom is -0.495 e. The number of nitrogens with zero attached hydrogens (tertiary/aromatic N) is 1. The molecule has 1 saturated heterocycles. The number of thioether (sulfide) groups is 1. The molecule has 1 aliphatic heterocycles. The lowest BCUT2D eigenvalue weighted by Crippen LogP contribution is -2.33. The number of halogens is 1. The lowest BCUT2D eigenvalue weighted by Gasteiger charge is -2.15. The largest absolute Gasteiger partial charge is 0.495 e. The Morgan fingerprint density at radius 2 is 2.26 bits per heavy atom. The van der Waals surface area contributed by atoms with Gasteiger partial charge in [-0.2, -0.15) is 0 Å². The van der Waals surface area contributed by atoms with Crippen LogP contribution in [-0.2, 0) is 9.59 Å². The van der Waals surface area contributed by atoms with Crippen LogP contribution in [0.25, 0.3) is 0 Å². The second-order valence-corrected chi connectivity index (χ2v) is 7.16. The summed E-state index contributed by atoms with van der Waals surface area (Å²) in [6, 6.07) is 5.00. The third kappa shape index (κ3) is 4.37. The van der Waals surface area contributed by atoms with Gasteiger partial charge in [0.15, 0.2) is 0 Å². The van der Waals surface area contributed by atoms with Crippen molar-refractivity contribution in [3.05, 3.63) is 23.2 Å². The van der Waals surface area contributed by atoms with Crippen molar-refractivity contribution in [3.63, 3.8) is 0 Å². The Morgan fingerprint density at radius 3 is 2.83 bits per heavy atom. The Kier molecular flexibility index (Phi) is 6.26. The summed E-state index contributed by atoms with van der Waals surface area (Å²) < 4.78 is 5.60. The maximum Gasteiger partial charge on any atom is 0.241 e. The highest BCUT2D eigenvalue weighted by molar-refractivity contribution is 8.24. The molecule has 0 saturated carbocycles. The molecule has 1 aliphatic rings. The van der Waals surface area contributed by atoms with E-state index in [0.717, 1.165) is 6.42 Å². The van der Waals surface area contributed by atoms with Crippen LogP contribution in [0.3, 0.4) is 0 Å². The van der Waals surface area contributed by atoms with Crippen molar-refractivity contribution in [2.24, 2.45) is 0 Å². The van der Waals surface area contributed by atoms with E-state index in [1.807, 2.05) is 6.92 Å². The molecule has 1 unspecified atom stereocenters. The van der Waals surface area contributed by atoms with Crippen molar-refractivity contribution in [1.82, 2.24) is 4.90 Å². The van der Waals surface area contributed by atoms with Crippen molar-refractivity contribution >= 4 is 57.4 Å². The summed E-state index contributed by atoms with van der Waals surface area (Å²) in [4.78, 5) is 25.6. The predicted molar refractivity (Wildman–Crippen MR) is 97.2 cm³/mol. The van der Waals surface area contributed by atoms with E-state index in [1.54, 1.807) is 18.2 Å². The van der Waals surface area contributed by atoms with Gasteiger partial charge in [0.2, 0.25) is 11.8 Å². The molecule has 1 fully saturated rings. The monoisotopic (exact) mass is 372 g/mol. The van der Waals surface area contributed by atoms with Gasteiger partial charge >= 0.3 is 0 Å². The number of amides is 2. The number of ether oxygens (including phenoxy) is 1. The van der Waals surface area contributed by atoms with Crippen molar-refractivity contribution < 1.29 is 14.3 Å². The zero-order chi connectivity index (χ0) is 17.0. The van der Waals surface area contributed by atoms with Gasteiger partial charge in [-0.1, -0.05) is 42.5 Å². The summed E-state index contributed by atoms with van der Waals surface area (Å²) in [7, 11) is 1.52. The first-order chi connectivity index (χ1) is 11.0. The molecule has 0 spiro atoms. The van der Waals surface area contributed by atoms with Gasteiger partial charge in [0.25, 0.3) is 0 Å². The second-order valence-electron chi connectivity index (χ2n) is 4.92. The van der Waals surface area contributed by atoms with Crippen LogP contribution in [0.15, 0.2) is 18.2 Å². The van der Waals surface area contributed by atoms with Gasteiger partial charge in [0.05, 0.1) is 17.4 Å². The average molecular weight is 373 g/mol. The SMILES string of the molecule is CCC1SC(=S)N(CCC(=O)Nc2ccc(OC)c(Cl)c2)C1=O. The summed E-state index contributed by atoms with van der Waals surface area (Å²) in [6.45, 7) is 2.23. The molecular formula is C15H17ClN2O3S2. The molecule has 0 bridgehead atoms. The highest BCUT2D eigenvalue weighted by Gasteiger charge is 2.35. The number of rotatable bonds is 6. The summed E-state index contributed by atoms with van der Waals surface area (Å²) >= 11 is 12.6. The number of hydrogen-bond acceptors (Lipinski definition) is 5. The third-order valence-electron chi connectivity index (χ3n) is 3.37. The molecule has 1 atom stereocenters. The number of carbonyl (C=O) groups is 2. The van der Waals surface area contributed by atoms with Crippen molar-refractivity contribution in [2.75, 3.05) is 19.0 Å². The maximum absolute atomic E-state index is 12.1. The standard InChI is InChI=1S/C15H17ClN2O3S2/c1-3-12-14(20)18(15(22)23-12)7-6-13(19)17-9-4-5-11(21-2)10(16)8-9/h4-5,8,12H,3,6-7H2,1-2H3,(H,17,19). The molecule has 0 aromatic heterocycles. The van der Waals surface area contributed by atoms with E-state index in [4.69, 9.17) is 28.6 Å². The lowest BCUT2D eigenvalue weighted by molar-refractivity contribution is -0.126. The highest BCUT2D eigenvalue weighted by atomic mass is 35.5. The molecule has 8 heteroatoms. The first-order valence-electron chi connectivity index (χ1n) is 7.11. The predicted octanol–water partition coefficient (Wildman–Crippen LogP) is 3.32. The fourth-order valence-corrected chi connectivity index (χ4v) is 3.87. The lowest BCUT2D eigenvalue weighted by atomic mass is 10.2. The Hall–Kier alpha value is -1.31. The number of methoxy groups -OCH3 is 1. The summed E-state index contributed by atoms with van der Waals surface area (Å²) in [5.74, 6) is 0.329. The van der Waals surface area contributed by atoms with E-state index in [1.165, 1.54) is 23.8 Å². The van der Waals surface area contributed by atoms with Crippen LogP contribution in [0.2, 0.25) is 5.02 Å². The van der Waals surface area contributed by atoms with E-state index >= 15 is 0 Å². The number of carbonyl (C=O) groups excluding carboxylic acids is 2. The molecule has 1 aromatic rings. The van der Waals surface area contributed by atoms with E-state index in [-0.39, 0.29) is 30.0 Å². The molecule has 23 heavy (non-hydrogen) atoms. The Bertz CT molecular complexity index is 639. The minimum absolute atomic E-state index is 0.0113. The van der Waals surface area contributed by atoms with Crippen LogP contribution in [0, 0.1) is 0 Å². The van der Waals surface area contributed by atoms with Crippen LogP contribution in [-0.4, -0.2) is 39.9 Å². The van der Waals surface area contributed by atoms with E-state index in [2.05, 4.69) is 5.32 Å². The fourth-order valence-electron chi connectivity index (χ4n) is 2.14. The zero-order valence-corrected chi connectivity index (χ0v) is 15.2. The minimum atomic E-state index is -0.202. The van der Waals surface area contributed by atoms with Gasteiger partial charge in [-0.15, -0.1) is 0 Å². The number of nitrogens with one attached hydrogen (secondary N) is 1. The third-order valence-corrected chi connectivity index (χ3v) is 5.42. The summed E-state index contributed by atoms with van der Waals surface area (Å²) in [5, 5.41) is 3.05. The molecule has 1 N–H and O–H groups in total. The van der Waals surface area contributed by atoms with Gasteiger partial charge < -0.3 is 10.1 Å². The van der Waals surface area contributed by atoms with Crippen LogP contribution >= 0.6 is 35.6 Å². The van der Waals surface area contributed by atoms with Crippen molar-refractivity contribution in [2.45, 2.75) is 25.0 Å². The van der Waals surface area contributed by atoms with Crippen LogP contribution < -0.4 is 10.1 Å². The number of anilines is 1. The zero-order valence-electron chi connectivity index (χ0n) is 12.8. The molecule has 2 amide bonds. The van der Waals surface area contributed by atoms with Gasteiger partial charge in [0.1, 0.15) is 10.1 Å². The van der Waals surface area contributed by atoms with Crippen LogP contribution in [0.5, 0.6) is 5.75 Å². The Labute approximate surface area is 149 Å². The summed E-state index contributed by atoms with van der Waals surface area (Å²) in [6.07, 6.45) is 0.906. The van der Waals surface area contributed by atoms with E-state index in [0.29, 0.717) is 20.8 Å². The normalized spacial score (nSPS) is 17.5. The second kappa shape index (κ2) is 7.99. The Balaban J connectivity index is 1.89. The summed E-state index contributed by atoms with van der Waals surface area (Å²) in [5.41, 5.74) is 0.580. The fraction of sp³-hybridized carbons (Fsp3) is 0.400. The number of benzene rings is 1. The molecule has 0 aliphatic carbocycles. The van der Waals surface area contributed by atoms with Crippen molar-refractivity contribution in [3.8, 4) is 5.75 Å². The Morgan fingerprint density at radius 1 is 1.52 bits per heavy atom. The molecular weight excluding hydrogens is 356 g/mol. The van der Waals surface area contributed by atoms with Crippen LogP contribution in [0.1, 0.15) is 19.8 Å². The average Bonchev–Trinajstić information content (AvgIpc) is 2.79.